The first-order chi connectivity index (χ1) is 14.4. The topological polar surface area (TPSA) is 127 Å². The van der Waals surface area contributed by atoms with Crippen molar-refractivity contribution in [2.75, 3.05) is 17.7 Å². The number of aryl methyl sites for hydroxylation is 1. The minimum absolute atomic E-state index is 0.0851. The number of benzene rings is 1. The van der Waals surface area contributed by atoms with Crippen LogP contribution in [0.15, 0.2) is 12.1 Å². The van der Waals surface area contributed by atoms with Crippen molar-refractivity contribution in [2.24, 2.45) is 5.73 Å². The quantitative estimate of drug-likeness (QED) is 0.572. The van der Waals surface area contributed by atoms with Crippen molar-refractivity contribution in [3.05, 3.63) is 40.1 Å². The molecule has 0 saturated carbocycles. The van der Waals surface area contributed by atoms with E-state index in [-0.39, 0.29) is 34.9 Å². The summed E-state index contributed by atoms with van der Waals surface area (Å²) in [5.41, 5.74) is 11.0. The van der Waals surface area contributed by atoms with Crippen LogP contribution in [0.2, 0.25) is 0 Å². The molecule has 3 heterocycles. The first kappa shape index (κ1) is 20.5. The van der Waals surface area contributed by atoms with Gasteiger partial charge in [0.1, 0.15) is 17.4 Å². The number of phenolic OH excluding ortho intramolecular Hbond substituents is 1. The fourth-order valence-corrected chi connectivity index (χ4v) is 4.13. The molecule has 8 nitrogen and oxygen atoms in total. The summed E-state index contributed by atoms with van der Waals surface area (Å²) in [6, 6.07) is 3.01. The highest BCUT2D eigenvalue weighted by Crippen LogP contribution is 2.46. The largest absolute Gasteiger partial charge is 0.508 e. The second kappa shape index (κ2) is 6.37. The van der Waals surface area contributed by atoms with Gasteiger partial charge in [0.15, 0.2) is 5.69 Å². The van der Waals surface area contributed by atoms with Crippen molar-refractivity contribution in [1.82, 2.24) is 9.55 Å². The standard InChI is InChI=1S/C20H18F3N5O3/c1-7-4-5-10(29)8(2)14(7)28-15-9-6-11(30)27(3)19(9)26-16(20(21,22)23)12(15)13(17(28)24)18(25)31/h4-5,29H,6,24H2,1-3H3,(H2,25,31). The minimum Gasteiger partial charge on any atom is -0.508 e. The Balaban J connectivity index is 2.33. The van der Waals surface area contributed by atoms with Crippen LogP contribution in [0.3, 0.4) is 0 Å². The van der Waals surface area contributed by atoms with Crippen LogP contribution in [-0.4, -0.2) is 33.5 Å². The molecule has 0 radical (unpaired) electrons. The summed E-state index contributed by atoms with van der Waals surface area (Å²) >= 11 is 0. The van der Waals surface area contributed by atoms with Gasteiger partial charge >= 0.3 is 6.18 Å². The molecule has 3 aromatic rings. The maximum absolute atomic E-state index is 14.0. The van der Waals surface area contributed by atoms with E-state index in [9.17, 15) is 27.9 Å². The summed E-state index contributed by atoms with van der Waals surface area (Å²) < 4.78 is 43.3. The third-order valence-electron chi connectivity index (χ3n) is 5.58. The van der Waals surface area contributed by atoms with Crippen molar-refractivity contribution in [1.29, 1.82) is 0 Å². The highest BCUT2D eigenvalue weighted by Gasteiger charge is 2.43. The molecule has 31 heavy (non-hydrogen) atoms. The lowest BCUT2D eigenvalue weighted by Crippen LogP contribution is -2.22. The van der Waals surface area contributed by atoms with Gasteiger partial charge in [-0.25, -0.2) is 4.98 Å². The van der Waals surface area contributed by atoms with Gasteiger partial charge in [-0.1, -0.05) is 6.07 Å². The molecule has 0 atom stereocenters. The van der Waals surface area contributed by atoms with E-state index in [1.165, 1.54) is 17.7 Å². The van der Waals surface area contributed by atoms with Gasteiger partial charge in [0, 0.05) is 23.6 Å². The zero-order valence-corrected chi connectivity index (χ0v) is 16.8. The molecular formula is C20H18F3N5O3. The summed E-state index contributed by atoms with van der Waals surface area (Å²) in [6.45, 7) is 3.25. The number of aromatic nitrogens is 2. The lowest BCUT2D eigenvalue weighted by Gasteiger charge is -2.18. The number of likely N-dealkylation sites (N-methyl/N-ethyl adjacent to an activating group) is 1. The number of pyridine rings is 1. The number of carbonyl (C=O) groups is 2. The Bertz CT molecular complexity index is 1310. The summed E-state index contributed by atoms with van der Waals surface area (Å²) in [4.78, 5) is 29.3. The molecule has 1 aromatic carbocycles. The number of hydrogen-bond donors (Lipinski definition) is 3. The van der Waals surface area contributed by atoms with E-state index in [0.29, 0.717) is 16.8 Å². The maximum Gasteiger partial charge on any atom is 0.434 e. The molecule has 0 aliphatic carbocycles. The van der Waals surface area contributed by atoms with E-state index in [2.05, 4.69) is 4.98 Å². The summed E-state index contributed by atoms with van der Waals surface area (Å²) in [5.74, 6) is -2.24. The number of alkyl halides is 3. The molecule has 4 rings (SSSR count). The maximum atomic E-state index is 14.0. The molecule has 1 aliphatic rings. The number of primary amides is 1. The average molecular weight is 433 g/mol. The van der Waals surface area contributed by atoms with E-state index in [4.69, 9.17) is 11.5 Å². The fourth-order valence-electron chi connectivity index (χ4n) is 4.13. The van der Waals surface area contributed by atoms with Gasteiger partial charge < -0.3 is 16.6 Å². The van der Waals surface area contributed by atoms with Gasteiger partial charge in [-0.2, -0.15) is 13.2 Å². The van der Waals surface area contributed by atoms with Crippen LogP contribution in [0.5, 0.6) is 5.75 Å². The number of rotatable bonds is 2. The molecule has 0 saturated heterocycles. The van der Waals surface area contributed by atoms with E-state index in [0.717, 1.165) is 4.90 Å². The first-order valence-electron chi connectivity index (χ1n) is 9.16. The van der Waals surface area contributed by atoms with Gasteiger partial charge in [0.2, 0.25) is 5.91 Å². The summed E-state index contributed by atoms with van der Waals surface area (Å²) in [7, 11) is 1.32. The van der Waals surface area contributed by atoms with Crippen molar-refractivity contribution in [3.63, 3.8) is 0 Å². The zero-order valence-electron chi connectivity index (χ0n) is 16.8. The molecule has 2 amide bonds. The Kier molecular flexibility index (Phi) is 4.21. The first-order valence-corrected chi connectivity index (χ1v) is 9.16. The Morgan fingerprint density at radius 2 is 1.90 bits per heavy atom. The number of nitrogens with two attached hydrogens (primary N) is 2. The van der Waals surface area contributed by atoms with E-state index in [1.54, 1.807) is 19.9 Å². The van der Waals surface area contributed by atoms with Crippen molar-refractivity contribution < 1.29 is 27.9 Å². The number of aromatic hydroxyl groups is 1. The average Bonchev–Trinajstić information content (AvgIpc) is 3.12. The second-order valence-corrected chi connectivity index (χ2v) is 7.45. The van der Waals surface area contributed by atoms with Gasteiger partial charge in [0.05, 0.1) is 23.2 Å². The smallest absolute Gasteiger partial charge is 0.434 e. The van der Waals surface area contributed by atoms with Crippen LogP contribution in [0.1, 0.15) is 32.7 Å². The molecule has 0 unspecified atom stereocenters. The number of amides is 2. The predicted molar refractivity (Wildman–Crippen MR) is 107 cm³/mol. The van der Waals surface area contributed by atoms with Crippen LogP contribution in [0, 0.1) is 13.8 Å². The van der Waals surface area contributed by atoms with E-state index >= 15 is 0 Å². The van der Waals surface area contributed by atoms with Gasteiger partial charge in [-0.15, -0.1) is 0 Å². The number of nitrogen functional groups attached to an aromatic ring is 1. The second-order valence-electron chi connectivity index (χ2n) is 7.45. The highest BCUT2D eigenvalue weighted by molar-refractivity contribution is 6.16. The molecule has 1 aliphatic heterocycles. The van der Waals surface area contributed by atoms with Gasteiger partial charge in [0.25, 0.3) is 5.91 Å². The van der Waals surface area contributed by atoms with Gasteiger partial charge in [-0.05, 0) is 25.5 Å². The molecule has 162 valence electrons. The monoisotopic (exact) mass is 433 g/mol. The number of anilines is 2. The lowest BCUT2D eigenvalue weighted by atomic mass is 10.0. The SMILES string of the molecule is Cc1ccc(O)c(C)c1-n1c(N)c(C(N)=O)c2c(C(F)(F)F)nc3c(c21)CC(=O)N3C. The van der Waals surface area contributed by atoms with Crippen LogP contribution in [0.4, 0.5) is 24.8 Å². The fraction of sp³-hybridized carbons (Fsp3) is 0.250. The molecule has 11 heteroatoms. The van der Waals surface area contributed by atoms with Crippen molar-refractivity contribution in [3.8, 4) is 11.4 Å². The Labute approximate surface area is 173 Å². The number of carbonyl (C=O) groups excluding carboxylic acids is 2. The van der Waals surface area contributed by atoms with E-state index in [1.807, 2.05) is 0 Å². The Morgan fingerprint density at radius 3 is 2.48 bits per heavy atom. The summed E-state index contributed by atoms with van der Waals surface area (Å²) in [6.07, 6.45) is -5.18. The van der Waals surface area contributed by atoms with Crippen LogP contribution in [-0.2, 0) is 17.4 Å². The normalized spacial score (nSPS) is 13.9. The molecule has 0 fully saturated rings. The third kappa shape index (κ3) is 2.72. The number of phenols is 1. The molecule has 0 bridgehead atoms. The van der Waals surface area contributed by atoms with Crippen LogP contribution in [0.25, 0.3) is 16.6 Å². The number of fused-ring (bicyclic) bond motifs is 3. The number of halogens is 3. The molecule has 5 N–H and O–H groups in total. The molecule has 2 aromatic heterocycles. The predicted octanol–water partition coefficient (Wildman–Crippen LogP) is 2.57. The van der Waals surface area contributed by atoms with Crippen LogP contribution >= 0.6 is 0 Å². The Morgan fingerprint density at radius 1 is 1.26 bits per heavy atom. The number of nitrogens with zero attached hydrogens (tertiary/aromatic N) is 3. The molecule has 0 spiro atoms. The zero-order chi connectivity index (χ0) is 23.0. The molecular weight excluding hydrogens is 415 g/mol. The van der Waals surface area contributed by atoms with E-state index < -0.39 is 34.6 Å². The minimum atomic E-state index is -4.95. The lowest BCUT2D eigenvalue weighted by molar-refractivity contribution is -0.139. The summed E-state index contributed by atoms with van der Waals surface area (Å²) in [5, 5.41) is 9.66. The third-order valence-corrected chi connectivity index (χ3v) is 5.58. The van der Waals surface area contributed by atoms with Crippen LogP contribution < -0.4 is 16.4 Å². The van der Waals surface area contributed by atoms with Crippen molar-refractivity contribution in [2.45, 2.75) is 26.4 Å². The van der Waals surface area contributed by atoms with Gasteiger partial charge in [-0.3, -0.25) is 19.1 Å². The highest BCUT2D eigenvalue weighted by atomic mass is 19.4. The van der Waals surface area contributed by atoms with Crippen molar-refractivity contribution >= 4 is 34.4 Å². The number of hydrogen-bond acceptors (Lipinski definition) is 5. The Hall–Kier alpha value is -3.76.